The zero-order chi connectivity index (χ0) is 18.2. The van der Waals surface area contributed by atoms with Crippen LogP contribution >= 0.6 is 23.2 Å². The van der Waals surface area contributed by atoms with Gasteiger partial charge in [-0.25, -0.2) is 0 Å². The van der Waals surface area contributed by atoms with Crippen LogP contribution in [0.4, 0.5) is 0 Å². The summed E-state index contributed by atoms with van der Waals surface area (Å²) < 4.78 is -0.516. The molecule has 0 aliphatic heterocycles. The highest BCUT2D eigenvalue weighted by Crippen LogP contribution is 2.67. The van der Waals surface area contributed by atoms with E-state index in [0.29, 0.717) is 0 Å². The fraction of sp³-hybridized carbons (Fsp3) is 0.875. The van der Waals surface area contributed by atoms with Gasteiger partial charge in [0.1, 0.15) is 0 Å². The summed E-state index contributed by atoms with van der Waals surface area (Å²) in [5, 5.41) is 3.27. The first-order chi connectivity index (χ1) is 9.24. The minimum Gasteiger partial charge on any atom is -0.117 e. The summed E-state index contributed by atoms with van der Waals surface area (Å²) in [4.78, 5) is 0. The Morgan fingerprint density at radius 1 is 0.500 bits per heavy atom. The van der Waals surface area contributed by atoms with E-state index in [1.165, 1.54) is 0 Å². The van der Waals surface area contributed by atoms with Gasteiger partial charge in [0.25, 0.3) is 0 Å². The molecular weight excluding hydrogens is 375 g/mol. The molecule has 0 radical (unpaired) electrons. The maximum absolute atomic E-state index is 7.59. The highest BCUT2D eigenvalue weighted by molar-refractivity contribution is 7.06. The summed E-state index contributed by atoms with van der Waals surface area (Å²) in [5.74, 6) is 0. The number of allylic oxidation sites excluding steroid dienone is 2. The van der Waals surface area contributed by atoms with E-state index >= 15 is 0 Å². The van der Waals surface area contributed by atoms with Gasteiger partial charge >= 0.3 is 0 Å². The smallest absolute Gasteiger partial charge is 0.0757 e. The standard InChI is InChI=1S/C16H36Cl2Si4/c1-19(2,3)13-14(20(4,5)6)16(18,22(10,11)12)15(13,17)21(7,8)9/h1-12H3/t15-,16-/m0/s1. The molecule has 0 unspecified atom stereocenters. The molecule has 0 bridgehead atoms. The molecule has 0 nitrogen and oxygen atoms in total. The number of halogens is 2. The highest BCUT2D eigenvalue weighted by atomic mass is 35.5. The monoisotopic (exact) mass is 410 g/mol. The third-order valence-corrected chi connectivity index (χ3v) is 20.7. The molecule has 0 amide bonds. The third-order valence-electron chi connectivity index (χ3n) is 4.98. The van der Waals surface area contributed by atoms with E-state index in [-0.39, 0.29) is 8.99 Å². The Morgan fingerprint density at radius 2 is 0.682 bits per heavy atom. The van der Waals surface area contributed by atoms with Gasteiger partial charge in [-0.2, -0.15) is 0 Å². The Balaban J connectivity index is 3.96. The van der Waals surface area contributed by atoms with Crippen LogP contribution in [0.25, 0.3) is 0 Å². The van der Waals surface area contributed by atoms with Gasteiger partial charge in [-0.05, 0) is 0 Å². The molecule has 0 aromatic heterocycles. The van der Waals surface area contributed by atoms with Gasteiger partial charge in [-0.15, -0.1) is 23.2 Å². The normalized spacial score (nSPS) is 31.4. The number of rotatable bonds is 4. The summed E-state index contributed by atoms with van der Waals surface area (Å²) in [6.07, 6.45) is 0. The minimum absolute atomic E-state index is 0.258. The quantitative estimate of drug-likeness (QED) is 0.354. The van der Waals surface area contributed by atoms with E-state index in [2.05, 4.69) is 78.6 Å². The Labute approximate surface area is 153 Å². The number of hydrogen-bond donors (Lipinski definition) is 0. The van der Waals surface area contributed by atoms with Crippen LogP contribution in [0.2, 0.25) is 78.6 Å². The molecule has 0 aromatic rings. The zero-order valence-corrected chi connectivity index (χ0v) is 22.3. The third kappa shape index (κ3) is 2.74. The molecule has 0 N–H and O–H groups in total. The van der Waals surface area contributed by atoms with E-state index in [4.69, 9.17) is 23.2 Å². The fourth-order valence-corrected chi connectivity index (χ4v) is 26.2. The molecule has 0 heterocycles. The summed E-state index contributed by atoms with van der Waals surface area (Å²) in [7, 11) is -6.35. The molecule has 1 aliphatic carbocycles. The molecular formula is C16H36Cl2Si4. The lowest BCUT2D eigenvalue weighted by Crippen LogP contribution is -2.82. The lowest BCUT2D eigenvalue weighted by Gasteiger charge is -2.69. The lowest BCUT2D eigenvalue weighted by atomic mass is 10.1. The van der Waals surface area contributed by atoms with E-state index < -0.39 is 32.3 Å². The molecule has 130 valence electrons. The van der Waals surface area contributed by atoms with Crippen molar-refractivity contribution in [2.45, 2.75) is 87.6 Å². The van der Waals surface area contributed by atoms with Crippen molar-refractivity contribution in [3.05, 3.63) is 10.4 Å². The second-order valence-corrected chi connectivity index (χ2v) is 33.3. The van der Waals surface area contributed by atoms with Crippen LogP contribution in [0.15, 0.2) is 10.4 Å². The van der Waals surface area contributed by atoms with E-state index in [0.717, 1.165) is 0 Å². The highest BCUT2D eigenvalue weighted by Gasteiger charge is 2.75. The van der Waals surface area contributed by atoms with Crippen molar-refractivity contribution in [3.63, 3.8) is 0 Å². The fourth-order valence-electron chi connectivity index (χ4n) is 4.19. The van der Waals surface area contributed by atoms with Crippen molar-refractivity contribution in [2.75, 3.05) is 0 Å². The lowest BCUT2D eigenvalue weighted by molar-refractivity contribution is 0.706. The molecule has 22 heavy (non-hydrogen) atoms. The van der Waals surface area contributed by atoms with Gasteiger partial charge in [-0.3, -0.25) is 0 Å². The van der Waals surface area contributed by atoms with Crippen molar-refractivity contribution < 1.29 is 0 Å². The maximum Gasteiger partial charge on any atom is 0.0757 e. The molecule has 1 rings (SSSR count). The Bertz CT molecular complexity index is 454. The average Bonchev–Trinajstić information content (AvgIpc) is 2.16. The van der Waals surface area contributed by atoms with Crippen LogP contribution in [0.5, 0.6) is 0 Å². The predicted octanol–water partition coefficient (Wildman–Crippen LogP) is 6.76. The summed E-state index contributed by atoms with van der Waals surface area (Å²) in [6.45, 7) is 29.2. The first kappa shape index (κ1) is 21.2. The second kappa shape index (κ2) is 5.34. The number of hydrogen-bond acceptors (Lipinski definition) is 0. The van der Waals surface area contributed by atoms with Crippen LogP contribution in [0, 0.1) is 0 Å². The number of alkyl halides is 2. The molecule has 0 spiro atoms. The van der Waals surface area contributed by atoms with Crippen LogP contribution in [0.3, 0.4) is 0 Å². The van der Waals surface area contributed by atoms with E-state index in [1.807, 2.05) is 0 Å². The zero-order valence-electron chi connectivity index (χ0n) is 16.8. The molecule has 2 atom stereocenters. The summed E-state index contributed by atoms with van der Waals surface area (Å²) in [5.41, 5.74) is 0. The first-order valence-electron chi connectivity index (χ1n) is 8.38. The van der Waals surface area contributed by atoms with Gasteiger partial charge in [0.15, 0.2) is 0 Å². The van der Waals surface area contributed by atoms with Crippen molar-refractivity contribution in [1.29, 1.82) is 0 Å². The molecule has 0 fully saturated rings. The maximum atomic E-state index is 7.59. The van der Waals surface area contributed by atoms with Crippen molar-refractivity contribution >= 4 is 55.5 Å². The average molecular weight is 412 g/mol. The van der Waals surface area contributed by atoms with Crippen LogP contribution in [-0.4, -0.2) is 41.3 Å². The molecule has 0 aromatic carbocycles. The Hall–Kier alpha value is 1.19. The van der Waals surface area contributed by atoms with Crippen molar-refractivity contribution in [1.82, 2.24) is 0 Å². The molecule has 0 saturated heterocycles. The van der Waals surface area contributed by atoms with Crippen molar-refractivity contribution in [3.8, 4) is 0 Å². The van der Waals surface area contributed by atoms with Crippen LogP contribution in [-0.2, 0) is 0 Å². The second-order valence-electron chi connectivity index (χ2n) is 11.1. The first-order valence-corrected chi connectivity index (χ1v) is 23.1. The topological polar surface area (TPSA) is 0 Å². The van der Waals surface area contributed by atoms with Crippen molar-refractivity contribution in [2.24, 2.45) is 0 Å². The van der Waals surface area contributed by atoms with E-state index in [9.17, 15) is 0 Å². The van der Waals surface area contributed by atoms with E-state index in [1.54, 1.807) is 10.4 Å². The molecule has 1 aliphatic rings. The van der Waals surface area contributed by atoms with Gasteiger partial charge in [-0.1, -0.05) is 89.0 Å². The van der Waals surface area contributed by atoms with Gasteiger partial charge in [0.05, 0.1) is 41.3 Å². The summed E-state index contributed by atoms with van der Waals surface area (Å²) >= 11 is 15.2. The predicted molar refractivity (Wildman–Crippen MR) is 118 cm³/mol. The SMILES string of the molecule is C[Si](C)(C)C1=C([Si](C)(C)C)[C@](Cl)([Si](C)(C)C)[C@@]1(Cl)[Si](C)(C)C. The molecule has 6 heteroatoms. The van der Waals surface area contributed by atoms with Gasteiger partial charge in [0.2, 0.25) is 0 Å². The minimum atomic E-state index is -1.67. The Kier molecular flexibility index (Phi) is 5.15. The van der Waals surface area contributed by atoms with Gasteiger partial charge < -0.3 is 0 Å². The largest absolute Gasteiger partial charge is 0.117 e. The molecule has 0 saturated carbocycles. The van der Waals surface area contributed by atoms with Crippen LogP contribution < -0.4 is 0 Å². The Morgan fingerprint density at radius 3 is 0.773 bits per heavy atom. The van der Waals surface area contributed by atoms with Crippen LogP contribution in [0.1, 0.15) is 0 Å². The summed E-state index contributed by atoms with van der Waals surface area (Å²) in [6, 6.07) is 0. The van der Waals surface area contributed by atoms with Gasteiger partial charge in [0, 0.05) is 0 Å².